The van der Waals surface area contributed by atoms with E-state index >= 15 is 0 Å². The Bertz CT molecular complexity index is 731. The highest BCUT2D eigenvalue weighted by Gasteiger charge is 2.04. The van der Waals surface area contributed by atoms with Crippen molar-refractivity contribution >= 4 is 11.4 Å². The SMILES string of the molecule is Nc1ccc(-c2ccc(N)c(Cc3ccccc3)c2)cc1. The second kappa shape index (κ2) is 5.71. The fourth-order valence-electron chi connectivity index (χ4n) is 2.43. The Labute approximate surface area is 125 Å². The maximum absolute atomic E-state index is 6.12. The Morgan fingerprint density at radius 3 is 2.05 bits per heavy atom. The van der Waals surface area contributed by atoms with Crippen LogP contribution in [-0.4, -0.2) is 0 Å². The molecule has 0 fully saturated rings. The second-order valence-electron chi connectivity index (χ2n) is 5.20. The van der Waals surface area contributed by atoms with E-state index in [-0.39, 0.29) is 0 Å². The summed E-state index contributed by atoms with van der Waals surface area (Å²) in [5.41, 5.74) is 18.2. The number of hydrogen-bond acceptors (Lipinski definition) is 2. The van der Waals surface area contributed by atoms with Gasteiger partial charge in [0.25, 0.3) is 0 Å². The number of nitrogen functional groups attached to an aromatic ring is 2. The number of nitrogens with two attached hydrogens (primary N) is 2. The van der Waals surface area contributed by atoms with Crippen molar-refractivity contribution in [3.05, 3.63) is 83.9 Å². The zero-order valence-electron chi connectivity index (χ0n) is 11.8. The van der Waals surface area contributed by atoms with Crippen LogP contribution >= 0.6 is 0 Å². The van der Waals surface area contributed by atoms with Crippen LogP contribution in [0.5, 0.6) is 0 Å². The van der Waals surface area contributed by atoms with Gasteiger partial charge in [0.2, 0.25) is 0 Å². The molecule has 2 nitrogen and oxygen atoms in total. The van der Waals surface area contributed by atoms with E-state index in [0.717, 1.165) is 34.5 Å². The minimum absolute atomic E-state index is 0.777. The van der Waals surface area contributed by atoms with Gasteiger partial charge in [-0.25, -0.2) is 0 Å². The van der Waals surface area contributed by atoms with Gasteiger partial charge in [0, 0.05) is 11.4 Å². The van der Waals surface area contributed by atoms with Crippen molar-refractivity contribution in [3.63, 3.8) is 0 Å². The third-order valence-electron chi connectivity index (χ3n) is 3.62. The van der Waals surface area contributed by atoms with Gasteiger partial charge in [-0.3, -0.25) is 0 Å². The molecule has 0 atom stereocenters. The minimum Gasteiger partial charge on any atom is -0.399 e. The lowest BCUT2D eigenvalue weighted by atomic mass is 9.97. The van der Waals surface area contributed by atoms with Crippen LogP contribution < -0.4 is 11.5 Å². The Kier molecular flexibility index (Phi) is 3.61. The van der Waals surface area contributed by atoms with Crippen LogP contribution in [0.4, 0.5) is 11.4 Å². The van der Waals surface area contributed by atoms with E-state index in [0.29, 0.717) is 0 Å². The molecule has 0 saturated carbocycles. The molecule has 0 heterocycles. The predicted octanol–water partition coefficient (Wildman–Crippen LogP) is 4.11. The van der Waals surface area contributed by atoms with Gasteiger partial charge in [-0.15, -0.1) is 0 Å². The highest BCUT2D eigenvalue weighted by atomic mass is 14.6. The average Bonchev–Trinajstić information content (AvgIpc) is 2.51. The smallest absolute Gasteiger partial charge is 0.0350 e. The number of rotatable bonds is 3. The lowest BCUT2D eigenvalue weighted by molar-refractivity contribution is 1.20. The van der Waals surface area contributed by atoms with Gasteiger partial charge in [-0.05, 0) is 52.9 Å². The zero-order chi connectivity index (χ0) is 14.7. The number of anilines is 2. The molecule has 0 unspecified atom stereocenters. The first-order chi connectivity index (χ1) is 10.2. The van der Waals surface area contributed by atoms with Crippen molar-refractivity contribution < 1.29 is 0 Å². The summed E-state index contributed by atoms with van der Waals surface area (Å²) < 4.78 is 0. The van der Waals surface area contributed by atoms with Gasteiger partial charge in [-0.1, -0.05) is 48.5 Å². The quantitative estimate of drug-likeness (QED) is 0.706. The Balaban J connectivity index is 1.94. The second-order valence-corrected chi connectivity index (χ2v) is 5.20. The van der Waals surface area contributed by atoms with Crippen molar-refractivity contribution in [1.29, 1.82) is 0 Å². The van der Waals surface area contributed by atoms with E-state index in [1.807, 2.05) is 36.4 Å². The van der Waals surface area contributed by atoms with E-state index in [1.54, 1.807) is 0 Å². The molecule has 3 aromatic rings. The van der Waals surface area contributed by atoms with Gasteiger partial charge in [-0.2, -0.15) is 0 Å². The molecule has 0 aliphatic carbocycles. The topological polar surface area (TPSA) is 52.0 Å². The van der Waals surface area contributed by atoms with Crippen LogP contribution in [0.2, 0.25) is 0 Å². The summed E-state index contributed by atoms with van der Waals surface area (Å²) in [6, 6.07) is 24.5. The van der Waals surface area contributed by atoms with Gasteiger partial charge in [0.1, 0.15) is 0 Å². The van der Waals surface area contributed by atoms with Gasteiger partial charge >= 0.3 is 0 Å². The molecule has 0 saturated heterocycles. The van der Waals surface area contributed by atoms with E-state index in [9.17, 15) is 0 Å². The Morgan fingerprint density at radius 1 is 0.667 bits per heavy atom. The van der Waals surface area contributed by atoms with E-state index in [2.05, 4.69) is 36.4 Å². The normalized spacial score (nSPS) is 10.5. The predicted molar refractivity (Wildman–Crippen MR) is 90.0 cm³/mol. The summed E-state index contributed by atoms with van der Waals surface area (Å²) in [5.74, 6) is 0. The van der Waals surface area contributed by atoms with Crippen LogP contribution in [0.3, 0.4) is 0 Å². The molecular weight excluding hydrogens is 256 g/mol. The van der Waals surface area contributed by atoms with Crippen LogP contribution in [0.25, 0.3) is 11.1 Å². The highest BCUT2D eigenvalue weighted by Crippen LogP contribution is 2.26. The molecule has 104 valence electrons. The molecule has 3 aromatic carbocycles. The molecule has 3 rings (SSSR count). The number of benzene rings is 3. The van der Waals surface area contributed by atoms with Crippen LogP contribution in [0.15, 0.2) is 72.8 Å². The van der Waals surface area contributed by atoms with E-state index < -0.39 is 0 Å². The average molecular weight is 274 g/mol. The zero-order valence-corrected chi connectivity index (χ0v) is 11.8. The molecule has 0 spiro atoms. The highest BCUT2D eigenvalue weighted by molar-refractivity contribution is 5.69. The summed E-state index contributed by atoms with van der Waals surface area (Å²) in [6.45, 7) is 0. The Morgan fingerprint density at radius 2 is 1.33 bits per heavy atom. The molecule has 0 aromatic heterocycles. The first kappa shape index (κ1) is 13.3. The largest absolute Gasteiger partial charge is 0.399 e. The summed E-state index contributed by atoms with van der Waals surface area (Å²) >= 11 is 0. The lowest BCUT2D eigenvalue weighted by Gasteiger charge is -2.09. The van der Waals surface area contributed by atoms with Crippen LogP contribution in [0.1, 0.15) is 11.1 Å². The Hall–Kier alpha value is -2.74. The summed E-state index contributed by atoms with van der Waals surface area (Å²) in [5, 5.41) is 0. The van der Waals surface area contributed by atoms with Crippen molar-refractivity contribution in [1.82, 2.24) is 0 Å². The van der Waals surface area contributed by atoms with Crippen LogP contribution in [-0.2, 0) is 6.42 Å². The monoisotopic (exact) mass is 274 g/mol. The molecule has 0 amide bonds. The van der Waals surface area contributed by atoms with Gasteiger partial charge < -0.3 is 11.5 Å². The summed E-state index contributed by atoms with van der Waals surface area (Å²) in [4.78, 5) is 0. The maximum Gasteiger partial charge on any atom is 0.0350 e. The van der Waals surface area contributed by atoms with Crippen molar-refractivity contribution in [2.45, 2.75) is 6.42 Å². The van der Waals surface area contributed by atoms with Crippen LogP contribution in [0, 0.1) is 0 Å². The van der Waals surface area contributed by atoms with Crippen molar-refractivity contribution in [2.75, 3.05) is 11.5 Å². The van der Waals surface area contributed by atoms with Crippen molar-refractivity contribution in [2.24, 2.45) is 0 Å². The lowest BCUT2D eigenvalue weighted by Crippen LogP contribution is -1.96. The molecular formula is C19H18N2. The standard InChI is InChI=1S/C19H18N2/c20-18-9-6-15(7-10-18)16-8-11-19(21)17(13-16)12-14-4-2-1-3-5-14/h1-11,13H,12,20-21H2. The first-order valence-corrected chi connectivity index (χ1v) is 7.00. The maximum atomic E-state index is 6.12. The van der Waals surface area contributed by atoms with E-state index in [1.165, 1.54) is 5.56 Å². The first-order valence-electron chi connectivity index (χ1n) is 7.00. The fourth-order valence-corrected chi connectivity index (χ4v) is 2.43. The molecule has 2 heteroatoms. The summed E-state index contributed by atoms with van der Waals surface area (Å²) in [7, 11) is 0. The third-order valence-corrected chi connectivity index (χ3v) is 3.62. The summed E-state index contributed by atoms with van der Waals surface area (Å²) in [6.07, 6.45) is 0.843. The molecule has 4 N–H and O–H groups in total. The van der Waals surface area contributed by atoms with Gasteiger partial charge in [0.05, 0.1) is 0 Å². The molecule has 0 aliphatic heterocycles. The van der Waals surface area contributed by atoms with Gasteiger partial charge in [0.15, 0.2) is 0 Å². The molecule has 21 heavy (non-hydrogen) atoms. The molecule has 0 aliphatic rings. The minimum atomic E-state index is 0.777. The third kappa shape index (κ3) is 3.06. The van der Waals surface area contributed by atoms with Crippen molar-refractivity contribution in [3.8, 4) is 11.1 Å². The molecule has 0 radical (unpaired) electrons. The fraction of sp³-hybridized carbons (Fsp3) is 0.0526. The molecule has 0 bridgehead atoms. The number of hydrogen-bond donors (Lipinski definition) is 2. The van der Waals surface area contributed by atoms with E-state index in [4.69, 9.17) is 11.5 Å².